The van der Waals surface area contributed by atoms with Gasteiger partial charge in [0.1, 0.15) is 11.1 Å². The number of benzene rings is 1. The highest BCUT2D eigenvalue weighted by Gasteiger charge is 2.22. The van der Waals surface area contributed by atoms with Gasteiger partial charge >= 0.3 is 0 Å². The van der Waals surface area contributed by atoms with Crippen LogP contribution in [0.25, 0.3) is 10.2 Å². The van der Waals surface area contributed by atoms with Crippen LogP contribution in [0.2, 0.25) is 0 Å². The molecule has 0 saturated carbocycles. The van der Waals surface area contributed by atoms with E-state index < -0.39 is 0 Å². The second-order valence-corrected chi connectivity index (χ2v) is 9.08. The van der Waals surface area contributed by atoms with E-state index in [1.807, 2.05) is 37.3 Å². The average Bonchev–Trinajstić information content (AvgIpc) is 3.07. The summed E-state index contributed by atoms with van der Waals surface area (Å²) in [6, 6.07) is 13.7. The summed E-state index contributed by atoms with van der Waals surface area (Å²) in [4.78, 5) is 21.9. The third-order valence-electron chi connectivity index (χ3n) is 4.10. The first-order chi connectivity index (χ1) is 13.5. The van der Waals surface area contributed by atoms with Gasteiger partial charge in [-0.1, -0.05) is 56.0 Å². The van der Waals surface area contributed by atoms with E-state index in [1.165, 1.54) is 23.1 Å². The van der Waals surface area contributed by atoms with Crippen LogP contribution in [0.3, 0.4) is 0 Å². The predicted octanol–water partition coefficient (Wildman–Crippen LogP) is 5.27. The number of pyridine rings is 1. The lowest BCUT2D eigenvalue weighted by atomic mass is 10.1. The van der Waals surface area contributed by atoms with Crippen molar-refractivity contribution in [3.8, 4) is 6.07 Å². The number of amides is 1. The Morgan fingerprint density at radius 2 is 2.04 bits per heavy atom. The molecule has 1 unspecified atom stereocenters. The number of hydrogen-bond acceptors (Lipinski definition) is 6. The minimum atomic E-state index is -0.346. The van der Waals surface area contributed by atoms with Gasteiger partial charge in [-0.3, -0.25) is 4.79 Å². The number of anilines is 1. The zero-order valence-corrected chi connectivity index (χ0v) is 17.7. The Morgan fingerprint density at radius 1 is 1.25 bits per heavy atom. The third-order valence-corrected chi connectivity index (χ3v) is 6.42. The summed E-state index contributed by atoms with van der Waals surface area (Å²) >= 11 is 2.80. The SMILES string of the molecule is CCC(Sc1nc(CC(C)C)ccc1C#N)C(=O)Nc1nc2ccccc2s1. The second kappa shape index (κ2) is 9.18. The number of carbonyl (C=O) groups excluding carboxylic acids is 1. The number of nitrogens with zero attached hydrogens (tertiary/aromatic N) is 3. The molecule has 5 nitrogen and oxygen atoms in total. The first-order valence-corrected chi connectivity index (χ1v) is 10.9. The van der Waals surface area contributed by atoms with Gasteiger partial charge in [-0.2, -0.15) is 5.26 Å². The van der Waals surface area contributed by atoms with Gasteiger partial charge in [0.2, 0.25) is 5.91 Å². The Balaban J connectivity index is 1.77. The number of rotatable bonds is 7. The van der Waals surface area contributed by atoms with Crippen molar-refractivity contribution in [2.45, 2.75) is 43.9 Å². The number of hydrogen-bond donors (Lipinski definition) is 1. The number of aromatic nitrogens is 2. The fourth-order valence-electron chi connectivity index (χ4n) is 2.75. The van der Waals surface area contributed by atoms with Crippen molar-refractivity contribution in [1.82, 2.24) is 9.97 Å². The molecule has 3 aromatic rings. The third kappa shape index (κ3) is 4.89. The van der Waals surface area contributed by atoms with Crippen LogP contribution in [-0.4, -0.2) is 21.1 Å². The zero-order valence-electron chi connectivity index (χ0n) is 16.1. The van der Waals surface area contributed by atoms with Crippen molar-refractivity contribution in [3.63, 3.8) is 0 Å². The molecule has 1 amide bonds. The topological polar surface area (TPSA) is 78.7 Å². The van der Waals surface area contributed by atoms with Gasteiger partial charge in [0.25, 0.3) is 0 Å². The Bertz CT molecular complexity index is 990. The number of para-hydroxylation sites is 1. The van der Waals surface area contributed by atoms with Crippen LogP contribution in [0.5, 0.6) is 0 Å². The second-order valence-electron chi connectivity index (χ2n) is 6.86. The van der Waals surface area contributed by atoms with Crippen molar-refractivity contribution < 1.29 is 4.79 Å². The molecule has 0 fully saturated rings. The summed E-state index contributed by atoms with van der Waals surface area (Å²) in [5, 5.41) is 13.2. The summed E-state index contributed by atoms with van der Waals surface area (Å²) in [5.41, 5.74) is 2.32. The van der Waals surface area contributed by atoms with Crippen LogP contribution in [0, 0.1) is 17.2 Å². The smallest absolute Gasteiger partial charge is 0.239 e. The molecule has 1 atom stereocenters. The van der Waals surface area contributed by atoms with Crippen LogP contribution in [0.4, 0.5) is 5.13 Å². The monoisotopic (exact) mass is 410 g/mol. The van der Waals surface area contributed by atoms with Crippen LogP contribution >= 0.6 is 23.1 Å². The van der Waals surface area contributed by atoms with E-state index in [-0.39, 0.29) is 11.2 Å². The molecule has 28 heavy (non-hydrogen) atoms. The van der Waals surface area contributed by atoms with Gasteiger partial charge in [-0.25, -0.2) is 9.97 Å². The predicted molar refractivity (Wildman–Crippen MR) is 116 cm³/mol. The number of nitriles is 1. The van der Waals surface area contributed by atoms with Crippen LogP contribution in [0.1, 0.15) is 38.4 Å². The summed E-state index contributed by atoms with van der Waals surface area (Å²) in [6.07, 6.45) is 1.47. The number of fused-ring (bicyclic) bond motifs is 1. The van der Waals surface area contributed by atoms with Crippen molar-refractivity contribution in [1.29, 1.82) is 5.26 Å². The number of thioether (sulfide) groups is 1. The van der Waals surface area contributed by atoms with Crippen LogP contribution < -0.4 is 5.32 Å². The maximum absolute atomic E-state index is 12.8. The lowest BCUT2D eigenvalue weighted by Crippen LogP contribution is -2.24. The van der Waals surface area contributed by atoms with Crippen molar-refractivity contribution >= 4 is 44.4 Å². The lowest BCUT2D eigenvalue weighted by Gasteiger charge is -2.15. The zero-order chi connectivity index (χ0) is 20.1. The average molecular weight is 411 g/mol. The number of nitrogens with one attached hydrogen (secondary N) is 1. The highest BCUT2D eigenvalue weighted by atomic mass is 32.2. The summed E-state index contributed by atoms with van der Waals surface area (Å²) < 4.78 is 1.04. The van der Waals surface area contributed by atoms with Gasteiger partial charge in [0.15, 0.2) is 5.13 Å². The standard InChI is InChI=1S/C21H22N4OS2/c1-4-17(19(26)25-21-24-16-7-5-6-8-18(16)28-21)27-20-14(12-22)9-10-15(23-20)11-13(2)3/h5-10,13,17H,4,11H2,1-3H3,(H,24,25,26). The summed E-state index contributed by atoms with van der Waals surface area (Å²) in [7, 11) is 0. The molecule has 144 valence electrons. The lowest BCUT2D eigenvalue weighted by molar-refractivity contribution is -0.115. The highest BCUT2D eigenvalue weighted by Crippen LogP contribution is 2.30. The van der Waals surface area contributed by atoms with E-state index >= 15 is 0 Å². The molecule has 7 heteroatoms. The molecule has 1 N–H and O–H groups in total. The molecule has 2 heterocycles. The molecule has 0 spiro atoms. The Hall–Kier alpha value is -2.43. The molecular formula is C21H22N4OS2. The Morgan fingerprint density at radius 3 is 2.71 bits per heavy atom. The maximum Gasteiger partial charge on any atom is 0.239 e. The first kappa shape index (κ1) is 20.3. The van der Waals surface area contributed by atoms with E-state index in [4.69, 9.17) is 0 Å². The minimum Gasteiger partial charge on any atom is -0.301 e. The van der Waals surface area contributed by atoms with E-state index in [2.05, 4.69) is 35.2 Å². The molecule has 2 aromatic heterocycles. The maximum atomic E-state index is 12.8. The van der Waals surface area contributed by atoms with Crippen molar-refractivity contribution in [2.75, 3.05) is 5.32 Å². The molecule has 1 aromatic carbocycles. The normalized spacial score (nSPS) is 12.1. The van der Waals surface area contributed by atoms with Gasteiger partial charge in [-0.05, 0) is 43.0 Å². The molecule has 0 bridgehead atoms. The van der Waals surface area contributed by atoms with E-state index in [0.717, 1.165) is 22.3 Å². The van der Waals surface area contributed by atoms with Crippen LogP contribution in [-0.2, 0) is 11.2 Å². The number of thiazole rings is 1. The highest BCUT2D eigenvalue weighted by molar-refractivity contribution is 8.00. The van der Waals surface area contributed by atoms with E-state index in [1.54, 1.807) is 6.07 Å². The minimum absolute atomic E-state index is 0.119. The van der Waals surface area contributed by atoms with Gasteiger partial charge in [-0.15, -0.1) is 0 Å². The Labute approximate surface area is 173 Å². The molecule has 0 aliphatic heterocycles. The quantitative estimate of drug-likeness (QED) is 0.537. The molecule has 3 rings (SSSR count). The van der Waals surface area contributed by atoms with Crippen molar-refractivity contribution in [3.05, 3.63) is 47.7 Å². The molecule has 0 aliphatic rings. The largest absolute Gasteiger partial charge is 0.301 e. The van der Waals surface area contributed by atoms with Gasteiger partial charge in [0, 0.05) is 5.69 Å². The van der Waals surface area contributed by atoms with Gasteiger partial charge < -0.3 is 5.32 Å². The fourth-order valence-corrected chi connectivity index (χ4v) is 4.64. The first-order valence-electron chi connectivity index (χ1n) is 9.23. The molecular weight excluding hydrogens is 388 g/mol. The van der Waals surface area contributed by atoms with Crippen molar-refractivity contribution in [2.24, 2.45) is 5.92 Å². The summed E-state index contributed by atoms with van der Waals surface area (Å²) in [6.45, 7) is 6.22. The van der Waals surface area contributed by atoms with E-state index in [0.29, 0.717) is 28.1 Å². The fraction of sp³-hybridized carbons (Fsp3) is 0.333. The number of carbonyl (C=O) groups is 1. The summed E-state index contributed by atoms with van der Waals surface area (Å²) in [5.74, 6) is 0.356. The molecule has 0 aliphatic carbocycles. The Kier molecular flexibility index (Phi) is 6.65. The van der Waals surface area contributed by atoms with Crippen LogP contribution in [0.15, 0.2) is 41.4 Å². The molecule has 0 saturated heterocycles. The molecule has 0 radical (unpaired) electrons. The van der Waals surface area contributed by atoms with E-state index in [9.17, 15) is 10.1 Å². The van der Waals surface area contributed by atoms with Gasteiger partial charge in [0.05, 0.1) is 21.0 Å².